The summed E-state index contributed by atoms with van der Waals surface area (Å²) in [5.41, 5.74) is 3.61. The second-order valence-electron chi connectivity index (χ2n) is 3.27. The Bertz CT molecular complexity index is 324. The fourth-order valence-electron chi connectivity index (χ4n) is 1.26. The van der Waals surface area contributed by atoms with Gasteiger partial charge in [0, 0.05) is 5.02 Å². The molecule has 0 nitrogen and oxygen atoms in total. The first-order chi connectivity index (χ1) is 6.15. The van der Waals surface area contributed by atoms with Gasteiger partial charge < -0.3 is 0 Å². The second-order valence-corrected chi connectivity index (χ2v) is 3.68. The topological polar surface area (TPSA) is 0 Å². The standard InChI is InChI=1S/C12H15Cl/c1-4-5-6-11-7-9(2)8-12(13)10(11)3/h5-8H,4H2,1-3H3/b6-5-. The van der Waals surface area contributed by atoms with Gasteiger partial charge in [0.1, 0.15) is 0 Å². The molecule has 0 unspecified atom stereocenters. The van der Waals surface area contributed by atoms with Crippen LogP contribution in [0.15, 0.2) is 18.2 Å². The van der Waals surface area contributed by atoms with E-state index in [1.807, 2.05) is 6.07 Å². The maximum absolute atomic E-state index is 6.06. The van der Waals surface area contributed by atoms with E-state index in [0.29, 0.717) is 0 Å². The van der Waals surface area contributed by atoms with Gasteiger partial charge in [-0.2, -0.15) is 0 Å². The maximum Gasteiger partial charge on any atom is 0.0443 e. The van der Waals surface area contributed by atoms with Crippen molar-refractivity contribution in [1.82, 2.24) is 0 Å². The number of hydrogen-bond acceptors (Lipinski definition) is 0. The first kappa shape index (κ1) is 10.3. The molecule has 0 aromatic heterocycles. The molecule has 1 rings (SSSR count). The lowest BCUT2D eigenvalue weighted by Gasteiger charge is -2.04. The Hall–Kier alpha value is -0.750. The lowest BCUT2D eigenvalue weighted by molar-refractivity contribution is 1.23. The van der Waals surface area contributed by atoms with Gasteiger partial charge in [0.05, 0.1) is 0 Å². The monoisotopic (exact) mass is 194 g/mol. The summed E-state index contributed by atoms with van der Waals surface area (Å²) in [5.74, 6) is 0. The minimum absolute atomic E-state index is 0.857. The zero-order valence-corrected chi connectivity index (χ0v) is 9.15. The van der Waals surface area contributed by atoms with Crippen molar-refractivity contribution < 1.29 is 0 Å². The Kier molecular flexibility index (Phi) is 3.56. The van der Waals surface area contributed by atoms with E-state index >= 15 is 0 Å². The molecule has 1 heteroatoms. The molecule has 0 heterocycles. The first-order valence-electron chi connectivity index (χ1n) is 4.58. The third-order valence-corrected chi connectivity index (χ3v) is 2.45. The highest BCUT2D eigenvalue weighted by atomic mass is 35.5. The van der Waals surface area contributed by atoms with E-state index in [4.69, 9.17) is 11.6 Å². The molecular formula is C12H15Cl. The molecule has 0 amide bonds. The predicted octanol–water partition coefficient (Wildman–Crippen LogP) is 4.38. The van der Waals surface area contributed by atoms with Crippen LogP contribution in [0.4, 0.5) is 0 Å². The average Bonchev–Trinajstić information content (AvgIpc) is 2.09. The van der Waals surface area contributed by atoms with Gasteiger partial charge in [0.15, 0.2) is 0 Å². The van der Waals surface area contributed by atoms with Crippen LogP contribution in [-0.2, 0) is 0 Å². The van der Waals surface area contributed by atoms with Crippen LogP contribution in [0.1, 0.15) is 30.0 Å². The summed E-state index contributed by atoms with van der Waals surface area (Å²) in [4.78, 5) is 0. The number of aryl methyl sites for hydroxylation is 1. The van der Waals surface area contributed by atoms with E-state index < -0.39 is 0 Å². The molecule has 13 heavy (non-hydrogen) atoms. The third-order valence-electron chi connectivity index (χ3n) is 2.06. The molecule has 0 N–H and O–H groups in total. The fourth-order valence-corrected chi connectivity index (χ4v) is 1.54. The maximum atomic E-state index is 6.06. The van der Waals surface area contributed by atoms with Gasteiger partial charge in [-0.15, -0.1) is 0 Å². The molecule has 70 valence electrons. The summed E-state index contributed by atoms with van der Waals surface area (Å²) >= 11 is 6.06. The number of allylic oxidation sites excluding steroid dienone is 1. The van der Waals surface area contributed by atoms with Crippen LogP contribution in [0, 0.1) is 13.8 Å². The van der Waals surface area contributed by atoms with Gasteiger partial charge in [-0.05, 0) is 43.0 Å². The van der Waals surface area contributed by atoms with Crippen molar-refractivity contribution >= 4 is 17.7 Å². The summed E-state index contributed by atoms with van der Waals surface area (Å²) in [6.07, 6.45) is 5.34. The second kappa shape index (κ2) is 4.48. The zero-order valence-electron chi connectivity index (χ0n) is 8.39. The van der Waals surface area contributed by atoms with Crippen LogP contribution in [0.5, 0.6) is 0 Å². The Labute approximate surface area is 85.2 Å². The minimum atomic E-state index is 0.857. The Morgan fingerprint density at radius 1 is 1.31 bits per heavy atom. The van der Waals surface area contributed by atoms with Gasteiger partial charge in [-0.3, -0.25) is 0 Å². The quantitative estimate of drug-likeness (QED) is 0.656. The van der Waals surface area contributed by atoms with E-state index in [9.17, 15) is 0 Å². The lowest BCUT2D eigenvalue weighted by atomic mass is 10.0. The number of rotatable bonds is 2. The van der Waals surface area contributed by atoms with Crippen molar-refractivity contribution in [2.45, 2.75) is 27.2 Å². The van der Waals surface area contributed by atoms with Crippen molar-refractivity contribution in [3.8, 4) is 0 Å². The number of halogens is 1. The van der Waals surface area contributed by atoms with Gasteiger partial charge in [0.25, 0.3) is 0 Å². The normalized spacial score (nSPS) is 11.1. The summed E-state index contributed by atoms with van der Waals surface area (Å²) in [6.45, 7) is 6.24. The molecule has 1 aromatic rings. The van der Waals surface area contributed by atoms with Crippen LogP contribution in [0.25, 0.3) is 6.08 Å². The Morgan fingerprint density at radius 3 is 2.62 bits per heavy atom. The van der Waals surface area contributed by atoms with Gasteiger partial charge in [0.2, 0.25) is 0 Å². The van der Waals surface area contributed by atoms with Crippen LogP contribution in [0.3, 0.4) is 0 Å². The fraction of sp³-hybridized carbons (Fsp3) is 0.333. The molecule has 0 radical (unpaired) electrons. The summed E-state index contributed by atoms with van der Waals surface area (Å²) in [6, 6.07) is 4.16. The molecule has 0 saturated carbocycles. The third kappa shape index (κ3) is 2.60. The van der Waals surface area contributed by atoms with Gasteiger partial charge >= 0.3 is 0 Å². The van der Waals surface area contributed by atoms with E-state index in [2.05, 4.69) is 39.0 Å². The molecule has 0 aliphatic carbocycles. The number of hydrogen-bond donors (Lipinski definition) is 0. The zero-order chi connectivity index (χ0) is 9.84. The molecule has 0 aliphatic rings. The highest BCUT2D eigenvalue weighted by molar-refractivity contribution is 6.31. The molecule has 0 bridgehead atoms. The smallest absolute Gasteiger partial charge is 0.0443 e. The summed E-state index contributed by atoms with van der Waals surface area (Å²) < 4.78 is 0. The Morgan fingerprint density at radius 2 is 2.00 bits per heavy atom. The average molecular weight is 195 g/mol. The lowest BCUT2D eigenvalue weighted by Crippen LogP contribution is -1.84. The SMILES string of the molecule is CC/C=C\c1cc(C)cc(Cl)c1C. The van der Waals surface area contributed by atoms with Crippen molar-refractivity contribution in [1.29, 1.82) is 0 Å². The number of benzene rings is 1. The van der Waals surface area contributed by atoms with Gasteiger partial charge in [-0.25, -0.2) is 0 Å². The predicted molar refractivity (Wildman–Crippen MR) is 60.3 cm³/mol. The molecule has 0 atom stereocenters. The van der Waals surface area contributed by atoms with Crippen LogP contribution >= 0.6 is 11.6 Å². The van der Waals surface area contributed by atoms with E-state index in [1.165, 1.54) is 11.1 Å². The molecule has 0 fully saturated rings. The largest absolute Gasteiger partial charge is 0.0842 e. The molecule has 0 spiro atoms. The van der Waals surface area contributed by atoms with Crippen LogP contribution in [-0.4, -0.2) is 0 Å². The highest BCUT2D eigenvalue weighted by Gasteiger charge is 2.00. The summed E-state index contributed by atoms with van der Waals surface area (Å²) in [7, 11) is 0. The van der Waals surface area contributed by atoms with E-state index in [-0.39, 0.29) is 0 Å². The molecule has 0 saturated heterocycles. The van der Waals surface area contributed by atoms with Crippen molar-refractivity contribution in [2.24, 2.45) is 0 Å². The van der Waals surface area contributed by atoms with Crippen LogP contribution < -0.4 is 0 Å². The highest BCUT2D eigenvalue weighted by Crippen LogP contribution is 2.22. The van der Waals surface area contributed by atoms with E-state index in [1.54, 1.807) is 0 Å². The van der Waals surface area contributed by atoms with Gasteiger partial charge in [-0.1, -0.05) is 36.7 Å². The van der Waals surface area contributed by atoms with E-state index in [0.717, 1.165) is 17.0 Å². The minimum Gasteiger partial charge on any atom is -0.0842 e. The van der Waals surface area contributed by atoms with Crippen LogP contribution in [0.2, 0.25) is 5.02 Å². The van der Waals surface area contributed by atoms with Crippen molar-refractivity contribution in [2.75, 3.05) is 0 Å². The molecular weight excluding hydrogens is 180 g/mol. The first-order valence-corrected chi connectivity index (χ1v) is 4.96. The molecule has 0 aliphatic heterocycles. The summed E-state index contributed by atoms with van der Waals surface area (Å²) in [5, 5.41) is 0.857. The Balaban J connectivity index is 3.12. The molecule has 1 aromatic carbocycles. The van der Waals surface area contributed by atoms with Crippen molar-refractivity contribution in [3.05, 3.63) is 39.9 Å². The van der Waals surface area contributed by atoms with Crippen molar-refractivity contribution in [3.63, 3.8) is 0 Å².